The number of carbonyl (C=O) groups is 2. The number of H-pyrrole nitrogens is 1. The number of rotatable bonds is 2. The Balaban J connectivity index is 1.22. The van der Waals surface area contributed by atoms with Gasteiger partial charge in [0.15, 0.2) is 5.82 Å². The molecule has 9 heteroatoms. The molecule has 3 aliphatic heterocycles. The highest BCUT2D eigenvalue weighted by Gasteiger charge is 2.42. The smallest absolute Gasteiger partial charge is 0.250 e. The molecular formula is C23H22BrN5O3. The van der Waals surface area contributed by atoms with Crippen LogP contribution in [0.3, 0.4) is 0 Å². The molecule has 0 aliphatic carbocycles. The minimum atomic E-state index is -0.374. The summed E-state index contributed by atoms with van der Waals surface area (Å²) in [7, 11) is 0. The van der Waals surface area contributed by atoms with E-state index in [4.69, 9.17) is 0 Å². The number of piperidine rings is 1. The zero-order valence-electron chi connectivity index (χ0n) is 17.3. The van der Waals surface area contributed by atoms with E-state index in [1.165, 1.54) is 0 Å². The molecule has 5 heterocycles. The van der Waals surface area contributed by atoms with E-state index < -0.39 is 0 Å². The molecule has 1 aromatic carbocycles. The van der Waals surface area contributed by atoms with Crippen LogP contribution in [0.2, 0.25) is 0 Å². The van der Waals surface area contributed by atoms with E-state index in [9.17, 15) is 14.4 Å². The van der Waals surface area contributed by atoms with Crippen molar-refractivity contribution in [3.63, 3.8) is 0 Å². The zero-order valence-corrected chi connectivity index (χ0v) is 18.9. The Bertz CT molecular complexity index is 1310. The topological polar surface area (TPSA) is 91.3 Å². The number of hydrogen-bond donors (Lipinski definition) is 1. The van der Waals surface area contributed by atoms with Crippen molar-refractivity contribution < 1.29 is 9.59 Å². The van der Waals surface area contributed by atoms with Gasteiger partial charge in [-0.3, -0.25) is 24.4 Å². The van der Waals surface area contributed by atoms with Crippen molar-refractivity contribution in [1.82, 2.24) is 19.7 Å². The van der Waals surface area contributed by atoms with Gasteiger partial charge in [0, 0.05) is 60.1 Å². The molecule has 2 bridgehead atoms. The number of aromatic amines is 1. The summed E-state index contributed by atoms with van der Waals surface area (Å²) < 4.78 is 2.79. The summed E-state index contributed by atoms with van der Waals surface area (Å²) in [5.74, 6) is 0.603. The number of nitrogens with zero attached hydrogens (tertiary/aromatic N) is 4. The Morgan fingerprint density at radius 1 is 1.09 bits per heavy atom. The van der Waals surface area contributed by atoms with Crippen molar-refractivity contribution in [2.24, 2.45) is 11.8 Å². The van der Waals surface area contributed by atoms with Crippen LogP contribution >= 0.6 is 15.9 Å². The molecular weight excluding hydrogens is 474 g/mol. The number of fused-ring (bicyclic) bond motifs is 5. The molecule has 2 amide bonds. The lowest BCUT2D eigenvalue weighted by Crippen LogP contribution is -2.50. The third-order valence-corrected chi connectivity index (χ3v) is 7.52. The Hall–Kier alpha value is -2.94. The van der Waals surface area contributed by atoms with Crippen LogP contribution in [0.15, 0.2) is 45.7 Å². The van der Waals surface area contributed by atoms with Gasteiger partial charge in [-0.05, 0) is 36.6 Å². The number of likely N-dealkylation sites (tertiary alicyclic amines) is 1. The van der Waals surface area contributed by atoms with Crippen molar-refractivity contribution in [1.29, 1.82) is 0 Å². The van der Waals surface area contributed by atoms with Gasteiger partial charge in [0.05, 0.1) is 11.4 Å². The summed E-state index contributed by atoms with van der Waals surface area (Å²) in [4.78, 5) is 42.1. The molecule has 6 rings (SSSR count). The highest BCUT2D eigenvalue weighted by Crippen LogP contribution is 2.37. The van der Waals surface area contributed by atoms with Crippen LogP contribution in [-0.2, 0) is 16.1 Å². The monoisotopic (exact) mass is 495 g/mol. The number of benzene rings is 1. The maximum atomic E-state index is 13.4. The van der Waals surface area contributed by atoms with Crippen LogP contribution in [0.25, 0.3) is 10.9 Å². The molecule has 0 unspecified atom stereocenters. The largest absolute Gasteiger partial charge is 0.341 e. The molecule has 8 nitrogen and oxygen atoms in total. The van der Waals surface area contributed by atoms with Crippen LogP contribution in [-0.4, -0.2) is 51.1 Å². The van der Waals surface area contributed by atoms with Gasteiger partial charge >= 0.3 is 0 Å². The van der Waals surface area contributed by atoms with Crippen molar-refractivity contribution in [3.8, 4) is 0 Å². The summed E-state index contributed by atoms with van der Waals surface area (Å²) in [5, 5.41) is 8.20. The molecule has 1 N–H and O–H groups in total. The fourth-order valence-electron chi connectivity index (χ4n) is 5.60. The van der Waals surface area contributed by atoms with Crippen LogP contribution in [0.4, 0.5) is 5.82 Å². The minimum absolute atomic E-state index is 0.0323. The number of carbonyl (C=O) groups excluding carboxylic acids is 2. The van der Waals surface area contributed by atoms with E-state index in [2.05, 4.69) is 26.1 Å². The number of pyridine rings is 1. The van der Waals surface area contributed by atoms with E-state index in [1.54, 1.807) is 17.0 Å². The number of anilines is 1. The van der Waals surface area contributed by atoms with Gasteiger partial charge in [0.2, 0.25) is 11.8 Å². The number of aromatic nitrogens is 3. The summed E-state index contributed by atoms with van der Waals surface area (Å²) in [6.07, 6.45) is 1.20. The van der Waals surface area contributed by atoms with E-state index in [0.29, 0.717) is 32.0 Å². The predicted molar refractivity (Wildman–Crippen MR) is 122 cm³/mol. The van der Waals surface area contributed by atoms with Crippen LogP contribution < -0.4 is 10.5 Å². The average Bonchev–Trinajstić information content (AvgIpc) is 3.36. The lowest BCUT2D eigenvalue weighted by Gasteiger charge is -2.43. The van der Waals surface area contributed by atoms with E-state index in [-0.39, 0.29) is 41.5 Å². The van der Waals surface area contributed by atoms with Crippen LogP contribution in [0, 0.1) is 11.8 Å². The Kier molecular flexibility index (Phi) is 4.50. The molecule has 0 spiro atoms. The van der Waals surface area contributed by atoms with Gasteiger partial charge in [-0.15, -0.1) is 0 Å². The van der Waals surface area contributed by atoms with Crippen LogP contribution in [0.1, 0.15) is 24.5 Å². The Labute approximate surface area is 192 Å². The zero-order chi connectivity index (χ0) is 22.0. The SMILES string of the molecule is O=C([C@H]1CC(=O)N(c2n[nH]c3cc(Br)ccc23)C1)N1C[C@H]2C[C@@H](C1)c1cccc(=O)n1C2. The van der Waals surface area contributed by atoms with Crippen LogP contribution in [0.5, 0.6) is 0 Å². The number of halogens is 1. The summed E-state index contributed by atoms with van der Waals surface area (Å²) in [6.45, 7) is 2.23. The van der Waals surface area contributed by atoms with Gasteiger partial charge in [-0.25, -0.2) is 0 Å². The van der Waals surface area contributed by atoms with Crippen molar-refractivity contribution in [3.05, 3.63) is 56.9 Å². The third-order valence-electron chi connectivity index (χ3n) is 7.03. The van der Waals surface area contributed by atoms with Crippen molar-refractivity contribution in [2.75, 3.05) is 24.5 Å². The summed E-state index contributed by atoms with van der Waals surface area (Å²) in [6, 6.07) is 11.2. The highest BCUT2D eigenvalue weighted by atomic mass is 79.9. The quantitative estimate of drug-likeness (QED) is 0.591. The maximum absolute atomic E-state index is 13.4. The first-order chi connectivity index (χ1) is 15.5. The fourth-order valence-corrected chi connectivity index (χ4v) is 5.96. The normalized spacial score (nSPS) is 24.8. The Morgan fingerprint density at radius 2 is 1.97 bits per heavy atom. The minimum Gasteiger partial charge on any atom is -0.341 e. The standard InChI is InChI=1S/C23H22BrN5O3/c24-16-4-5-17-18(8-16)25-26-22(17)29-12-15(7-21(29)31)23(32)27-9-13-6-14(11-27)19-2-1-3-20(30)28(19)10-13/h1-5,8,13-15H,6-7,9-12H2,(H,25,26)/t13-,14+,15+/m1/s1. The lowest BCUT2D eigenvalue weighted by molar-refractivity contribution is -0.138. The van der Waals surface area contributed by atoms with Gasteiger partial charge in [0.1, 0.15) is 0 Å². The average molecular weight is 496 g/mol. The molecule has 2 fully saturated rings. The first-order valence-corrected chi connectivity index (χ1v) is 11.7. The molecule has 32 heavy (non-hydrogen) atoms. The first kappa shape index (κ1) is 19.7. The summed E-state index contributed by atoms with van der Waals surface area (Å²) >= 11 is 3.45. The molecule has 0 saturated carbocycles. The molecule has 164 valence electrons. The fraction of sp³-hybridized carbons (Fsp3) is 0.391. The highest BCUT2D eigenvalue weighted by molar-refractivity contribution is 9.10. The second kappa shape index (κ2) is 7.30. The molecule has 2 aromatic heterocycles. The first-order valence-electron chi connectivity index (χ1n) is 10.9. The second-order valence-corrected chi connectivity index (χ2v) is 10.00. The third kappa shape index (κ3) is 3.09. The van der Waals surface area contributed by atoms with E-state index in [0.717, 1.165) is 27.5 Å². The van der Waals surface area contributed by atoms with Gasteiger partial charge in [-0.2, -0.15) is 5.10 Å². The number of amides is 2. The number of nitrogens with one attached hydrogen (secondary N) is 1. The van der Waals surface area contributed by atoms with Gasteiger partial charge < -0.3 is 9.47 Å². The molecule has 0 radical (unpaired) electrons. The predicted octanol–water partition coefficient (Wildman–Crippen LogP) is 2.49. The molecule has 3 aliphatic rings. The van der Waals surface area contributed by atoms with Crippen molar-refractivity contribution >= 4 is 44.5 Å². The molecule has 3 atom stereocenters. The summed E-state index contributed by atoms with van der Waals surface area (Å²) in [5.41, 5.74) is 1.89. The van der Waals surface area contributed by atoms with Gasteiger partial charge in [0.25, 0.3) is 5.56 Å². The molecule has 2 saturated heterocycles. The lowest BCUT2D eigenvalue weighted by atomic mass is 9.82. The van der Waals surface area contributed by atoms with Gasteiger partial charge in [-0.1, -0.05) is 22.0 Å². The van der Waals surface area contributed by atoms with E-state index >= 15 is 0 Å². The Morgan fingerprint density at radius 3 is 2.84 bits per heavy atom. The second-order valence-electron chi connectivity index (χ2n) is 9.08. The maximum Gasteiger partial charge on any atom is 0.250 e. The number of hydrogen-bond acceptors (Lipinski definition) is 4. The van der Waals surface area contributed by atoms with Crippen molar-refractivity contribution in [2.45, 2.75) is 25.3 Å². The molecule has 3 aromatic rings. The van der Waals surface area contributed by atoms with E-state index in [1.807, 2.05) is 33.7 Å².